The van der Waals surface area contributed by atoms with Crippen LogP contribution in [0, 0.1) is 23.7 Å². The monoisotopic (exact) mass is 727 g/mol. The Labute approximate surface area is 304 Å². The third kappa shape index (κ3) is 6.44. The Bertz CT molecular complexity index is 1460. The number of aliphatic imine (C=N–C) groups is 1. The van der Waals surface area contributed by atoms with E-state index in [0.717, 1.165) is 57.4 Å². The summed E-state index contributed by atoms with van der Waals surface area (Å²) in [4.78, 5) is 21.6. The standard InChI is InChI=1S/C38H55F2N7O3S/c1-38(2,40)34(44-19-48)36(49)46-11-3-4-28(46)35-42-17-26(45-35)22-13-24(39)33-29-14-23-12-21(25-16-41-18-43-25)7-8-27(23)47(29)37(50-30(33)15-22)32-10-9-31(51-32)20-5-6-20/h7,10,13,18-20,22-23,25-31,33-37,42,45,49H,3-6,8-9,11-12,14-17H2,1-2H3,(H,41,43)(H,44,48)/t22-,23+,25?,26-,27+,28+,29?,30?,31?,33-,34?,35?,36+,37?/m1/s1. The molecule has 0 bridgehead atoms. The Morgan fingerprint density at radius 3 is 2.78 bits per heavy atom. The smallest absolute Gasteiger partial charge is 0.207 e. The first-order chi connectivity index (χ1) is 24.7. The number of hydrogen-bond acceptors (Lipinski definition) is 10. The lowest BCUT2D eigenvalue weighted by Gasteiger charge is -2.51. The molecule has 3 aliphatic carbocycles. The molecule has 5 N–H and O–H groups in total. The van der Waals surface area contributed by atoms with Crippen molar-refractivity contribution in [1.82, 2.24) is 31.1 Å². The summed E-state index contributed by atoms with van der Waals surface area (Å²) in [6, 6.07) is -0.376. The van der Waals surface area contributed by atoms with Gasteiger partial charge in [-0.2, -0.15) is 0 Å². The molecule has 0 radical (unpaired) electrons. The zero-order chi connectivity index (χ0) is 35.0. The highest BCUT2D eigenvalue weighted by molar-refractivity contribution is 8.04. The van der Waals surface area contributed by atoms with Crippen molar-refractivity contribution < 1.29 is 23.4 Å². The van der Waals surface area contributed by atoms with Crippen molar-refractivity contribution in [2.45, 2.75) is 144 Å². The number of amides is 1. The number of alkyl halides is 1. The van der Waals surface area contributed by atoms with Gasteiger partial charge in [0.05, 0.1) is 37.1 Å². The number of nitrogens with one attached hydrogen (secondary N) is 4. The third-order valence-electron chi connectivity index (χ3n) is 13.7. The SMILES string of the molecule is CC(C)(F)C(NC=O)[C@H](O)N1CCC[C@H]1C1NC[C@H]([C@@H]2C=C(F)[C@H]3C(C2)OC(C2=CCC(C4CC4)S2)N2C3C[C@@H]3CC(C4CN=CN4)=CC[C@@H]32)N1. The lowest BCUT2D eigenvalue weighted by Crippen LogP contribution is -2.62. The van der Waals surface area contributed by atoms with Crippen molar-refractivity contribution in [2.75, 3.05) is 19.6 Å². The number of halogens is 2. The molecule has 4 saturated heterocycles. The maximum absolute atomic E-state index is 16.7. The minimum atomic E-state index is -1.80. The fourth-order valence-corrected chi connectivity index (χ4v) is 12.5. The molecule has 9 rings (SSSR count). The Morgan fingerprint density at radius 2 is 2.02 bits per heavy atom. The van der Waals surface area contributed by atoms with Crippen LogP contribution in [0.25, 0.3) is 0 Å². The van der Waals surface area contributed by atoms with Crippen LogP contribution in [0.5, 0.6) is 0 Å². The summed E-state index contributed by atoms with van der Waals surface area (Å²) < 4.78 is 38.9. The summed E-state index contributed by atoms with van der Waals surface area (Å²) in [6.45, 7) is 4.84. The lowest BCUT2D eigenvalue weighted by atomic mass is 9.75. The molecular weight excluding hydrogens is 673 g/mol. The highest BCUT2D eigenvalue weighted by Crippen LogP contribution is 2.56. The van der Waals surface area contributed by atoms with Crippen LogP contribution in [-0.2, 0) is 9.53 Å². The average molecular weight is 728 g/mol. The van der Waals surface area contributed by atoms with E-state index in [1.54, 1.807) is 0 Å². The highest BCUT2D eigenvalue weighted by Gasteiger charge is 2.58. The fourth-order valence-electron chi connectivity index (χ4n) is 11.0. The minimum absolute atomic E-state index is 0.00116. The van der Waals surface area contributed by atoms with Crippen molar-refractivity contribution in [3.8, 4) is 0 Å². The number of carbonyl (C=O) groups excluding carboxylic acids is 1. The van der Waals surface area contributed by atoms with Gasteiger partial charge in [-0.25, -0.2) is 8.78 Å². The van der Waals surface area contributed by atoms with E-state index in [1.165, 1.54) is 37.2 Å². The lowest BCUT2D eigenvalue weighted by molar-refractivity contribution is -0.176. The quantitative estimate of drug-likeness (QED) is 0.171. The predicted molar refractivity (Wildman–Crippen MR) is 194 cm³/mol. The Hall–Kier alpha value is -1.87. The highest BCUT2D eigenvalue weighted by atomic mass is 32.2. The molecule has 6 aliphatic heterocycles. The zero-order valence-electron chi connectivity index (χ0n) is 29.8. The first kappa shape index (κ1) is 34.9. The molecular formula is C38H55F2N7O3S. The summed E-state index contributed by atoms with van der Waals surface area (Å²) in [5.41, 5.74) is -0.345. The Kier molecular flexibility index (Phi) is 9.41. The molecule has 14 atom stereocenters. The fraction of sp³-hybridized carbons (Fsp3) is 0.789. The molecule has 0 aromatic heterocycles. The van der Waals surface area contributed by atoms with Crippen molar-refractivity contribution in [1.29, 1.82) is 0 Å². The number of fused-ring (bicyclic) bond motifs is 5. The number of ether oxygens (including phenoxy) is 1. The van der Waals surface area contributed by atoms with Gasteiger partial charge in [-0.15, -0.1) is 11.8 Å². The van der Waals surface area contributed by atoms with Crippen LogP contribution in [0.1, 0.15) is 71.6 Å². The molecule has 7 unspecified atom stereocenters. The van der Waals surface area contributed by atoms with Crippen LogP contribution in [0.4, 0.5) is 8.78 Å². The predicted octanol–water partition coefficient (Wildman–Crippen LogP) is 3.31. The molecule has 9 aliphatic rings. The van der Waals surface area contributed by atoms with Crippen LogP contribution in [0.15, 0.2) is 39.5 Å². The first-order valence-electron chi connectivity index (χ1n) is 19.6. The number of hydrogen-bond donors (Lipinski definition) is 5. The normalized spacial score (nSPS) is 43.8. The molecule has 1 saturated carbocycles. The van der Waals surface area contributed by atoms with E-state index in [-0.39, 0.29) is 54.3 Å². The van der Waals surface area contributed by atoms with E-state index in [1.807, 2.05) is 29.1 Å². The number of allylic oxidation sites excluding steroid dienone is 1. The number of rotatable bonds is 10. The molecule has 0 spiro atoms. The molecule has 51 heavy (non-hydrogen) atoms. The number of aliphatic hydroxyl groups is 1. The van der Waals surface area contributed by atoms with Gasteiger partial charge in [0.15, 0.2) is 0 Å². The largest absolute Gasteiger partial charge is 0.376 e. The topological polar surface area (TPSA) is 113 Å². The van der Waals surface area contributed by atoms with Gasteiger partial charge in [-0.05, 0) is 101 Å². The third-order valence-corrected chi connectivity index (χ3v) is 15.2. The Balaban J connectivity index is 0.923. The van der Waals surface area contributed by atoms with E-state index < -0.39 is 17.9 Å². The van der Waals surface area contributed by atoms with Gasteiger partial charge in [0.1, 0.15) is 30.0 Å². The maximum atomic E-state index is 16.7. The van der Waals surface area contributed by atoms with Crippen LogP contribution in [-0.4, -0.2) is 119 Å². The second-order valence-corrected chi connectivity index (χ2v) is 18.5. The first-order valence-corrected chi connectivity index (χ1v) is 20.5. The summed E-state index contributed by atoms with van der Waals surface area (Å²) in [5, 5.41) is 25.3. The molecule has 0 aromatic carbocycles. The van der Waals surface area contributed by atoms with Gasteiger partial charge in [-0.3, -0.25) is 30.2 Å². The van der Waals surface area contributed by atoms with E-state index >= 15 is 8.78 Å². The maximum Gasteiger partial charge on any atom is 0.207 e. The summed E-state index contributed by atoms with van der Waals surface area (Å²) in [7, 11) is 0. The van der Waals surface area contributed by atoms with Gasteiger partial charge in [0, 0.05) is 47.4 Å². The molecule has 5 fully saturated rings. The average Bonchev–Trinajstić information content (AvgIpc) is 3.72. The van der Waals surface area contributed by atoms with Crippen molar-refractivity contribution in [3.05, 3.63) is 34.5 Å². The van der Waals surface area contributed by atoms with Crippen LogP contribution in [0.3, 0.4) is 0 Å². The van der Waals surface area contributed by atoms with Gasteiger partial charge >= 0.3 is 0 Å². The van der Waals surface area contributed by atoms with Gasteiger partial charge in [0.2, 0.25) is 6.41 Å². The minimum Gasteiger partial charge on any atom is -0.376 e. The number of aliphatic hydroxyl groups excluding tert-OH is 1. The van der Waals surface area contributed by atoms with E-state index in [9.17, 15) is 9.90 Å². The van der Waals surface area contributed by atoms with Crippen molar-refractivity contribution in [3.63, 3.8) is 0 Å². The van der Waals surface area contributed by atoms with Crippen molar-refractivity contribution >= 4 is 24.5 Å². The van der Waals surface area contributed by atoms with Gasteiger partial charge < -0.3 is 20.5 Å². The second kappa shape index (κ2) is 13.8. The molecule has 1 amide bonds. The number of likely N-dealkylation sites (tertiary alicyclic amines) is 1. The number of thioether (sulfide) groups is 1. The molecule has 13 heteroatoms. The second-order valence-electron chi connectivity index (χ2n) is 17.2. The van der Waals surface area contributed by atoms with Crippen molar-refractivity contribution in [2.24, 2.45) is 28.7 Å². The van der Waals surface area contributed by atoms with Gasteiger partial charge in [0.25, 0.3) is 0 Å². The molecule has 0 aromatic rings. The summed E-state index contributed by atoms with van der Waals surface area (Å²) in [6.07, 6.45) is 16.7. The molecule has 280 valence electrons. The van der Waals surface area contributed by atoms with E-state index in [2.05, 4.69) is 43.3 Å². The number of carbonyl (C=O) groups is 1. The molecule has 10 nitrogen and oxygen atoms in total. The van der Waals surface area contributed by atoms with Crippen LogP contribution < -0.4 is 21.3 Å². The summed E-state index contributed by atoms with van der Waals surface area (Å²) >= 11 is 2.04. The zero-order valence-corrected chi connectivity index (χ0v) is 30.6. The van der Waals surface area contributed by atoms with E-state index in [0.29, 0.717) is 42.8 Å². The van der Waals surface area contributed by atoms with Gasteiger partial charge in [-0.1, -0.05) is 12.2 Å². The summed E-state index contributed by atoms with van der Waals surface area (Å²) in [5.74, 6) is 0.976. The van der Waals surface area contributed by atoms with Crippen LogP contribution >= 0.6 is 11.8 Å². The molecule has 6 heterocycles. The van der Waals surface area contributed by atoms with E-state index in [4.69, 9.17) is 4.74 Å². The number of nitrogens with zero attached hydrogens (tertiary/aromatic N) is 3. The van der Waals surface area contributed by atoms with Crippen LogP contribution in [0.2, 0.25) is 0 Å². The Morgan fingerprint density at radius 1 is 1.16 bits per heavy atom.